The maximum Gasteiger partial charge on any atom is 0.136 e. The molecule has 1 saturated carbocycles. The zero-order chi connectivity index (χ0) is 16.1. The Labute approximate surface area is 138 Å². The third-order valence-corrected chi connectivity index (χ3v) is 4.45. The van der Waals surface area contributed by atoms with Crippen molar-refractivity contribution < 1.29 is 0 Å². The quantitative estimate of drug-likeness (QED) is 0.783. The number of nitrogens with zero attached hydrogens (tertiary/aromatic N) is 2. The van der Waals surface area contributed by atoms with Gasteiger partial charge in [0.25, 0.3) is 0 Å². The van der Waals surface area contributed by atoms with Crippen LogP contribution < -0.4 is 10.6 Å². The SMILES string of the molecule is Cc1nc(Nc2ccccc2C)cc(NC2CCCCCC2)n1. The number of aryl methyl sites for hydroxylation is 2. The van der Waals surface area contributed by atoms with Crippen LogP contribution in [0, 0.1) is 13.8 Å². The van der Waals surface area contributed by atoms with Gasteiger partial charge in [-0.25, -0.2) is 9.97 Å². The van der Waals surface area contributed by atoms with Gasteiger partial charge in [0.2, 0.25) is 0 Å². The van der Waals surface area contributed by atoms with E-state index in [1.807, 2.05) is 25.1 Å². The van der Waals surface area contributed by atoms with Gasteiger partial charge in [0.15, 0.2) is 0 Å². The van der Waals surface area contributed by atoms with Crippen LogP contribution in [0.3, 0.4) is 0 Å². The van der Waals surface area contributed by atoms with Crippen LogP contribution in [-0.2, 0) is 0 Å². The summed E-state index contributed by atoms with van der Waals surface area (Å²) in [6.45, 7) is 4.04. The van der Waals surface area contributed by atoms with E-state index in [9.17, 15) is 0 Å². The first-order valence-corrected chi connectivity index (χ1v) is 8.65. The van der Waals surface area contributed by atoms with Gasteiger partial charge < -0.3 is 10.6 Å². The molecule has 2 N–H and O–H groups in total. The van der Waals surface area contributed by atoms with Crippen molar-refractivity contribution in [1.29, 1.82) is 0 Å². The molecular weight excluding hydrogens is 284 g/mol. The van der Waals surface area contributed by atoms with Crippen LogP contribution in [0.2, 0.25) is 0 Å². The van der Waals surface area contributed by atoms with Crippen molar-refractivity contribution in [2.45, 2.75) is 58.4 Å². The molecule has 2 aromatic rings. The lowest BCUT2D eigenvalue weighted by atomic mass is 10.1. The molecule has 0 atom stereocenters. The fourth-order valence-corrected chi connectivity index (χ4v) is 3.19. The molecule has 0 amide bonds. The van der Waals surface area contributed by atoms with Crippen LogP contribution >= 0.6 is 0 Å². The summed E-state index contributed by atoms with van der Waals surface area (Å²) in [7, 11) is 0. The second kappa shape index (κ2) is 7.44. The van der Waals surface area contributed by atoms with Crippen LogP contribution in [-0.4, -0.2) is 16.0 Å². The maximum absolute atomic E-state index is 4.56. The molecule has 0 bridgehead atoms. The fourth-order valence-electron chi connectivity index (χ4n) is 3.19. The summed E-state index contributed by atoms with van der Waals surface area (Å²) in [5, 5.41) is 7.02. The summed E-state index contributed by atoms with van der Waals surface area (Å²) in [6, 6.07) is 10.8. The molecule has 1 heterocycles. The molecule has 122 valence electrons. The number of hydrogen-bond donors (Lipinski definition) is 2. The minimum Gasteiger partial charge on any atom is -0.367 e. The summed E-state index contributed by atoms with van der Waals surface area (Å²) in [6.07, 6.45) is 7.83. The monoisotopic (exact) mass is 310 g/mol. The molecule has 1 aromatic heterocycles. The summed E-state index contributed by atoms with van der Waals surface area (Å²) in [5.41, 5.74) is 2.30. The Morgan fingerprint density at radius 3 is 2.35 bits per heavy atom. The van der Waals surface area contributed by atoms with Gasteiger partial charge in [-0.1, -0.05) is 43.9 Å². The smallest absolute Gasteiger partial charge is 0.136 e. The van der Waals surface area contributed by atoms with Crippen molar-refractivity contribution in [3.8, 4) is 0 Å². The van der Waals surface area contributed by atoms with Gasteiger partial charge in [-0.15, -0.1) is 0 Å². The minimum absolute atomic E-state index is 0.540. The molecule has 0 unspecified atom stereocenters. The first kappa shape index (κ1) is 15.8. The van der Waals surface area contributed by atoms with Crippen LogP contribution in [0.4, 0.5) is 17.3 Å². The average molecular weight is 310 g/mol. The van der Waals surface area contributed by atoms with E-state index in [1.54, 1.807) is 0 Å². The fraction of sp³-hybridized carbons (Fsp3) is 0.474. The number of para-hydroxylation sites is 1. The van der Waals surface area contributed by atoms with Crippen molar-refractivity contribution in [2.75, 3.05) is 10.6 Å². The van der Waals surface area contributed by atoms with Crippen LogP contribution in [0.1, 0.15) is 49.9 Å². The van der Waals surface area contributed by atoms with Crippen molar-refractivity contribution in [3.63, 3.8) is 0 Å². The molecule has 1 aromatic carbocycles. The molecule has 1 aliphatic rings. The lowest BCUT2D eigenvalue weighted by Crippen LogP contribution is -2.19. The Morgan fingerprint density at radius 1 is 0.913 bits per heavy atom. The average Bonchev–Trinajstić information content (AvgIpc) is 2.78. The molecule has 0 aliphatic heterocycles. The van der Waals surface area contributed by atoms with E-state index in [0.29, 0.717) is 6.04 Å². The highest BCUT2D eigenvalue weighted by Crippen LogP contribution is 2.23. The highest BCUT2D eigenvalue weighted by atomic mass is 15.1. The van der Waals surface area contributed by atoms with E-state index in [-0.39, 0.29) is 0 Å². The number of nitrogens with one attached hydrogen (secondary N) is 2. The number of aromatic nitrogens is 2. The van der Waals surface area contributed by atoms with Gasteiger partial charge in [-0.05, 0) is 38.3 Å². The predicted molar refractivity (Wildman–Crippen MR) is 96.3 cm³/mol. The molecule has 0 spiro atoms. The minimum atomic E-state index is 0.540. The lowest BCUT2D eigenvalue weighted by Gasteiger charge is -2.18. The molecule has 3 rings (SSSR count). The Morgan fingerprint density at radius 2 is 1.61 bits per heavy atom. The number of rotatable bonds is 4. The Hall–Kier alpha value is -2.10. The van der Waals surface area contributed by atoms with Gasteiger partial charge in [0.1, 0.15) is 17.5 Å². The number of benzene rings is 1. The second-order valence-electron chi connectivity index (χ2n) is 6.46. The van der Waals surface area contributed by atoms with Crippen LogP contribution in [0.15, 0.2) is 30.3 Å². The molecule has 0 saturated heterocycles. The standard InChI is InChI=1S/C19H26N4/c1-14-9-7-8-12-17(14)23-19-13-18(20-15(2)21-19)22-16-10-5-3-4-6-11-16/h7-9,12-13,16H,3-6,10-11H2,1-2H3,(H2,20,21,22,23). The Bertz CT molecular complexity index is 646. The normalized spacial score (nSPS) is 15.9. The topological polar surface area (TPSA) is 49.8 Å². The third-order valence-electron chi connectivity index (χ3n) is 4.45. The van der Waals surface area contributed by atoms with Crippen LogP contribution in [0.5, 0.6) is 0 Å². The predicted octanol–water partition coefficient (Wildman–Crippen LogP) is 4.97. The largest absolute Gasteiger partial charge is 0.367 e. The highest BCUT2D eigenvalue weighted by Gasteiger charge is 2.13. The maximum atomic E-state index is 4.56. The lowest BCUT2D eigenvalue weighted by molar-refractivity contribution is 0.617. The molecule has 1 fully saturated rings. The summed E-state index contributed by atoms with van der Waals surface area (Å²) >= 11 is 0. The summed E-state index contributed by atoms with van der Waals surface area (Å²) < 4.78 is 0. The zero-order valence-corrected chi connectivity index (χ0v) is 14.1. The van der Waals surface area contributed by atoms with Crippen molar-refractivity contribution in [2.24, 2.45) is 0 Å². The van der Waals surface area contributed by atoms with E-state index >= 15 is 0 Å². The van der Waals surface area contributed by atoms with Crippen LogP contribution in [0.25, 0.3) is 0 Å². The molecule has 4 heteroatoms. The third kappa shape index (κ3) is 4.44. The van der Waals surface area contributed by atoms with E-state index < -0.39 is 0 Å². The summed E-state index contributed by atoms with van der Waals surface area (Å²) in [4.78, 5) is 9.08. The van der Waals surface area contributed by atoms with Crippen molar-refractivity contribution >= 4 is 17.3 Å². The van der Waals surface area contributed by atoms with Gasteiger partial charge in [0, 0.05) is 17.8 Å². The van der Waals surface area contributed by atoms with E-state index in [2.05, 4.69) is 39.7 Å². The van der Waals surface area contributed by atoms with Gasteiger partial charge in [0.05, 0.1) is 0 Å². The van der Waals surface area contributed by atoms with Crippen molar-refractivity contribution in [3.05, 3.63) is 41.7 Å². The number of hydrogen-bond acceptors (Lipinski definition) is 4. The van der Waals surface area contributed by atoms with Gasteiger partial charge in [-0.3, -0.25) is 0 Å². The zero-order valence-electron chi connectivity index (χ0n) is 14.1. The van der Waals surface area contributed by atoms with Gasteiger partial charge >= 0.3 is 0 Å². The van der Waals surface area contributed by atoms with E-state index in [4.69, 9.17) is 0 Å². The molecule has 4 nitrogen and oxygen atoms in total. The summed E-state index contributed by atoms with van der Waals surface area (Å²) in [5.74, 6) is 2.57. The molecular formula is C19H26N4. The molecule has 0 radical (unpaired) electrons. The van der Waals surface area contributed by atoms with E-state index in [1.165, 1.54) is 44.1 Å². The number of anilines is 3. The van der Waals surface area contributed by atoms with Crippen molar-refractivity contribution in [1.82, 2.24) is 9.97 Å². The first-order chi connectivity index (χ1) is 11.2. The second-order valence-corrected chi connectivity index (χ2v) is 6.46. The molecule has 23 heavy (non-hydrogen) atoms. The van der Waals surface area contributed by atoms with Gasteiger partial charge in [-0.2, -0.15) is 0 Å². The first-order valence-electron chi connectivity index (χ1n) is 8.65. The Balaban J connectivity index is 1.74. The molecule has 1 aliphatic carbocycles. The Kier molecular flexibility index (Phi) is 5.11. The van der Waals surface area contributed by atoms with E-state index in [0.717, 1.165) is 23.1 Å². The highest BCUT2D eigenvalue weighted by molar-refractivity contribution is 5.62.